The summed E-state index contributed by atoms with van der Waals surface area (Å²) in [5.74, 6) is 0. The van der Waals surface area contributed by atoms with E-state index >= 15 is 0 Å². The van der Waals surface area contributed by atoms with E-state index in [1.54, 1.807) is 6.07 Å². The standard InChI is InChI=1S/C14H13NO/c1-10-4-3-5-12(8-10)14-7-6-13(9-16)15-11(14)2/h3-9H,1-2H3. The quantitative estimate of drug-likeness (QED) is 0.714. The van der Waals surface area contributed by atoms with E-state index in [2.05, 4.69) is 30.1 Å². The Bertz CT molecular complexity index is 532. The third-order valence-electron chi connectivity index (χ3n) is 2.56. The van der Waals surface area contributed by atoms with Gasteiger partial charge in [-0.2, -0.15) is 0 Å². The zero-order valence-electron chi connectivity index (χ0n) is 9.40. The summed E-state index contributed by atoms with van der Waals surface area (Å²) in [7, 11) is 0. The predicted molar refractivity (Wildman–Crippen MR) is 64.5 cm³/mol. The van der Waals surface area contributed by atoms with Gasteiger partial charge in [-0.05, 0) is 25.5 Å². The summed E-state index contributed by atoms with van der Waals surface area (Å²) in [5, 5.41) is 0. The normalized spacial score (nSPS) is 10.1. The SMILES string of the molecule is Cc1cccc(-c2ccc(C=O)nc2C)c1. The number of nitrogens with zero attached hydrogens (tertiary/aromatic N) is 1. The highest BCUT2D eigenvalue weighted by Crippen LogP contribution is 2.22. The molecule has 0 saturated carbocycles. The molecule has 2 rings (SSSR count). The van der Waals surface area contributed by atoms with Crippen molar-refractivity contribution in [3.8, 4) is 11.1 Å². The molecule has 0 unspecified atom stereocenters. The smallest absolute Gasteiger partial charge is 0.168 e. The number of aldehydes is 1. The van der Waals surface area contributed by atoms with Crippen LogP contribution in [0.1, 0.15) is 21.7 Å². The zero-order valence-corrected chi connectivity index (χ0v) is 9.40. The van der Waals surface area contributed by atoms with Gasteiger partial charge in [0.25, 0.3) is 0 Å². The molecule has 2 heteroatoms. The highest BCUT2D eigenvalue weighted by Gasteiger charge is 2.03. The number of rotatable bonds is 2. The van der Waals surface area contributed by atoms with Gasteiger partial charge in [-0.3, -0.25) is 4.79 Å². The van der Waals surface area contributed by atoms with Gasteiger partial charge in [0, 0.05) is 11.3 Å². The van der Waals surface area contributed by atoms with Crippen LogP contribution in [0.5, 0.6) is 0 Å². The average Bonchev–Trinajstić information content (AvgIpc) is 2.28. The van der Waals surface area contributed by atoms with Crippen molar-refractivity contribution in [1.82, 2.24) is 4.98 Å². The number of aryl methyl sites for hydroxylation is 2. The summed E-state index contributed by atoms with van der Waals surface area (Å²) in [6, 6.07) is 11.9. The predicted octanol–water partition coefficient (Wildman–Crippen LogP) is 3.18. The number of hydrogen-bond donors (Lipinski definition) is 0. The maximum Gasteiger partial charge on any atom is 0.168 e. The molecule has 0 aliphatic carbocycles. The third-order valence-corrected chi connectivity index (χ3v) is 2.56. The highest BCUT2D eigenvalue weighted by atomic mass is 16.1. The molecule has 1 aromatic heterocycles. The van der Waals surface area contributed by atoms with Crippen LogP contribution in [-0.2, 0) is 0 Å². The fraction of sp³-hybridized carbons (Fsp3) is 0.143. The molecule has 0 aliphatic rings. The zero-order chi connectivity index (χ0) is 11.5. The van der Waals surface area contributed by atoms with Crippen molar-refractivity contribution >= 4 is 6.29 Å². The molecular weight excluding hydrogens is 198 g/mol. The van der Waals surface area contributed by atoms with Crippen LogP contribution in [0.2, 0.25) is 0 Å². The molecule has 0 spiro atoms. The van der Waals surface area contributed by atoms with E-state index in [9.17, 15) is 4.79 Å². The largest absolute Gasteiger partial charge is 0.296 e. The Balaban J connectivity index is 2.52. The van der Waals surface area contributed by atoms with E-state index in [0.29, 0.717) is 5.69 Å². The second-order valence-corrected chi connectivity index (χ2v) is 3.86. The van der Waals surface area contributed by atoms with Crippen LogP contribution in [0.25, 0.3) is 11.1 Å². The van der Waals surface area contributed by atoms with Gasteiger partial charge < -0.3 is 0 Å². The molecule has 0 amide bonds. The molecule has 16 heavy (non-hydrogen) atoms. The third kappa shape index (κ3) is 2.01. The average molecular weight is 211 g/mol. The van der Waals surface area contributed by atoms with Gasteiger partial charge in [0.2, 0.25) is 0 Å². The van der Waals surface area contributed by atoms with Gasteiger partial charge in [-0.1, -0.05) is 35.9 Å². The Labute approximate surface area is 95.0 Å². The van der Waals surface area contributed by atoms with Crippen LogP contribution in [0.15, 0.2) is 36.4 Å². The van der Waals surface area contributed by atoms with E-state index in [-0.39, 0.29) is 0 Å². The maximum absolute atomic E-state index is 10.6. The Morgan fingerprint density at radius 1 is 1.12 bits per heavy atom. The number of hydrogen-bond acceptors (Lipinski definition) is 2. The van der Waals surface area contributed by atoms with Crippen molar-refractivity contribution in [2.24, 2.45) is 0 Å². The van der Waals surface area contributed by atoms with Crippen LogP contribution >= 0.6 is 0 Å². The molecule has 1 aromatic carbocycles. The van der Waals surface area contributed by atoms with E-state index in [1.807, 2.05) is 19.1 Å². The van der Waals surface area contributed by atoms with Crippen LogP contribution in [0.4, 0.5) is 0 Å². The van der Waals surface area contributed by atoms with Gasteiger partial charge in [-0.25, -0.2) is 4.98 Å². The first-order valence-corrected chi connectivity index (χ1v) is 5.20. The lowest BCUT2D eigenvalue weighted by atomic mass is 10.0. The lowest BCUT2D eigenvalue weighted by Gasteiger charge is -2.06. The molecular formula is C14H13NO. The van der Waals surface area contributed by atoms with Gasteiger partial charge in [0.1, 0.15) is 5.69 Å². The molecule has 0 saturated heterocycles. The number of benzene rings is 1. The monoisotopic (exact) mass is 211 g/mol. The summed E-state index contributed by atoms with van der Waals surface area (Å²) in [5.41, 5.74) is 4.80. The molecule has 0 aliphatic heterocycles. The summed E-state index contributed by atoms with van der Waals surface area (Å²) >= 11 is 0. The van der Waals surface area contributed by atoms with Gasteiger partial charge in [0.05, 0.1) is 0 Å². The van der Waals surface area contributed by atoms with Crippen LogP contribution in [0, 0.1) is 13.8 Å². The first-order valence-electron chi connectivity index (χ1n) is 5.20. The van der Waals surface area contributed by atoms with Crippen LogP contribution in [-0.4, -0.2) is 11.3 Å². The van der Waals surface area contributed by atoms with E-state index < -0.39 is 0 Å². The lowest BCUT2D eigenvalue weighted by Crippen LogP contribution is -1.93. The molecule has 0 fully saturated rings. The minimum atomic E-state index is 0.480. The summed E-state index contributed by atoms with van der Waals surface area (Å²) in [6.45, 7) is 3.98. The number of pyridine rings is 1. The molecule has 0 atom stereocenters. The fourth-order valence-electron chi connectivity index (χ4n) is 1.76. The molecule has 80 valence electrons. The molecule has 0 radical (unpaired) electrons. The van der Waals surface area contributed by atoms with E-state index in [4.69, 9.17) is 0 Å². The topological polar surface area (TPSA) is 30.0 Å². The molecule has 0 bridgehead atoms. The minimum absolute atomic E-state index is 0.480. The first-order chi connectivity index (χ1) is 7.70. The van der Waals surface area contributed by atoms with Gasteiger partial charge in [-0.15, -0.1) is 0 Å². The first kappa shape index (κ1) is 10.6. The Morgan fingerprint density at radius 2 is 1.94 bits per heavy atom. The van der Waals surface area contributed by atoms with Crippen molar-refractivity contribution in [3.05, 3.63) is 53.3 Å². The molecule has 0 N–H and O–H groups in total. The number of carbonyl (C=O) groups excluding carboxylic acids is 1. The van der Waals surface area contributed by atoms with Crippen LogP contribution in [0.3, 0.4) is 0 Å². The Kier molecular flexibility index (Phi) is 2.82. The van der Waals surface area contributed by atoms with Crippen molar-refractivity contribution < 1.29 is 4.79 Å². The van der Waals surface area contributed by atoms with Gasteiger partial charge >= 0.3 is 0 Å². The molecule has 2 nitrogen and oxygen atoms in total. The summed E-state index contributed by atoms with van der Waals surface area (Å²) in [6.07, 6.45) is 0.771. The number of carbonyl (C=O) groups is 1. The Morgan fingerprint density at radius 3 is 2.56 bits per heavy atom. The van der Waals surface area contributed by atoms with Crippen molar-refractivity contribution in [2.75, 3.05) is 0 Å². The molecule has 1 heterocycles. The van der Waals surface area contributed by atoms with Crippen molar-refractivity contribution in [1.29, 1.82) is 0 Å². The summed E-state index contributed by atoms with van der Waals surface area (Å²) in [4.78, 5) is 14.8. The second kappa shape index (κ2) is 4.27. The molecule has 2 aromatic rings. The fourth-order valence-corrected chi connectivity index (χ4v) is 1.76. The Hall–Kier alpha value is -1.96. The number of aromatic nitrogens is 1. The second-order valence-electron chi connectivity index (χ2n) is 3.86. The van der Waals surface area contributed by atoms with Gasteiger partial charge in [0.15, 0.2) is 6.29 Å². The van der Waals surface area contributed by atoms with Crippen molar-refractivity contribution in [2.45, 2.75) is 13.8 Å². The van der Waals surface area contributed by atoms with E-state index in [1.165, 1.54) is 5.56 Å². The lowest BCUT2D eigenvalue weighted by molar-refractivity contribution is 0.111. The minimum Gasteiger partial charge on any atom is -0.296 e. The van der Waals surface area contributed by atoms with E-state index in [0.717, 1.165) is 23.1 Å². The summed E-state index contributed by atoms with van der Waals surface area (Å²) < 4.78 is 0. The maximum atomic E-state index is 10.6. The van der Waals surface area contributed by atoms with Crippen LogP contribution < -0.4 is 0 Å². The highest BCUT2D eigenvalue weighted by molar-refractivity contribution is 5.74. The van der Waals surface area contributed by atoms with Crippen molar-refractivity contribution in [3.63, 3.8) is 0 Å².